The van der Waals surface area contributed by atoms with Gasteiger partial charge in [0.1, 0.15) is 0 Å². The molecule has 0 aliphatic rings. The monoisotopic (exact) mass is 347 g/mol. The van der Waals surface area contributed by atoms with Gasteiger partial charge in [-0.25, -0.2) is 9.78 Å². The molecule has 7 heteroatoms. The molecule has 2 aromatic rings. The molecular weight excluding hydrogens is 322 g/mol. The maximum Gasteiger partial charge on any atom is 0.374 e. The molecule has 4 N–H and O–H groups in total. The zero-order valence-electron chi connectivity index (χ0n) is 14.4. The Labute approximate surface area is 147 Å². The van der Waals surface area contributed by atoms with Crippen LogP contribution < -0.4 is 5.73 Å². The van der Waals surface area contributed by atoms with Crippen molar-refractivity contribution in [1.29, 1.82) is 0 Å². The van der Waals surface area contributed by atoms with Gasteiger partial charge in [0.25, 0.3) is 0 Å². The van der Waals surface area contributed by atoms with Crippen molar-refractivity contribution < 1.29 is 19.7 Å². The largest absolute Gasteiger partial charge is 0.460 e. The summed E-state index contributed by atoms with van der Waals surface area (Å²) in [6.07, 6.45) is 2.99. The number of imidazole rings is 1. The third-order valence-electron chi connectivity index (χ3n) is 3.82. The zero-order valence-corrected chi connectivity index (χ0v) is 14.4. The minimum atomic E-state index is -0.506. The number of esters is 1. The molecule has 1 aromatic heterocycles. The summed E-state index contributed by atoms with van der Waals surface area (Å²) >= 11 is 0. The predicted molar refractivity (Wildman–Crippen MR) is 94.1 cm³/mol. The molecule has 1 unspecified atom stereocenters. The second-order valence-electron chi connectivity index (χ2n) is 5.76. The van der Waals surface area contributed by atoms with Gasteiger partial charge in [-0.3, -0.25) is 0 Å². The molecule has 0 aliphatic carbocycles. The van der Waals surface area contributed by atoms with E-state index in [2.05, 4.69) is 4.98 Å². The lowest BCUT2D eigenvalue weighted by Crippen LogP contribution is -2.23. The Morgan fingerprint density at radius 3 is 2.60 bits per heavy atom. The summed E-state index contributed by atoms with van der Waals surface area (Å²) in [6.45, 7) is 2.26. The first kappa shape index (κ1) is 19.1. The average molecular weight is 347 g/mol. The van der Waals surface area contributed by atoms with Crippen molar-refractivity contribution in [2.45, 2.75) is 32.4 Å². The van der Waals surface area contributed by atoms with E-state index in [1.54, 1.807) is 17.7 Å². The number of benzene rings is 1. The van der Waals surface area contributed by atoms with Gasteiger partial charge in [-0.1, -0.05) is 24.3 Å². The Morgan fingerprint density at radius 2 is 2.00 bits per heavy atom. The normalized spacial score (nSPS) is 12.2. The van der Waals surface area contributed by atoms with E-state index in [4.69, 9.17) is 20.7 Å². The van der Waals surface area contributed by atoms with Crippen molar-refractivity contribution in [3.8, 4) is 11.3 Å². The van der Waals surface area contributed by atoms with E-state index < -0.39 is 5.97 Å². The molecule has 1 heterocycles. The van der Waals surface area contributed by atoms with Crippen LogP contribution in [0.2, 0.25) is 0 Å². The molecule has 0 fully saturated rings. The number of aromatic nitrogens is 2. The molecule has 0 spiro atoms. The van der Waals surface area contributed by atoms with Crippen LogP contribution in [0.5, 0.6) is 0 Å². The lowest BCUT2D eigenvalue weighted by molar-refractivity contribution is 0.0505. The highest BCUT2D eigenvalue weighted by Crippen LogP contribution is 2.20. The highest BCUT2D eigenvalue weighted by Gasteiger charge is 2.17. The molecule has 0 amide bonds. The fraction of sp³-hybridized carbons (Fsp3) is 0.444. The third-order valence-corrected chi connectivity index (χ3v) is 3.82. The van der Waals surface area contributed by atoms with Crippen molar-refractivity contribution in [2.75, 3.05) is 19.8 Å². The van der Waals surface area contributed by atoms with E-state index in [-0.39, 0.29) is 38.2 Å². The van der Waals surface area contributed by atoms with Crippen LogP contribution in [0.15, 0.2) is 30.5 Å². The molecule has 1 aromatic carbocycles. The third kappa shape index (κ3) is 5.12. The molecule has 2 rings (SSSR count). The second-order valence-corrected chi connectivity index (χ2v) is 5.76. The highest BCUT2D eigenvalue weighted by atomic mass is 16.5. The molecule has 136 valence electrons. The number of carbonyl (C=O) groups is 1. The first-order valence-electron chi connectivity index (χ1n) is 8.40. The molecule has 7 nitrogen and oxygen atoms in total. The van der Waals surface area contributed by atoms with Crippen LogP contribution in [0.4, 0.5) is 0 Å². The SMILES string of the molecule is CCOC(=O)c1nc(-c2ccc(CC(N)CCO)cc2)cn1CCO. The van der Waals surface area contributed by atoms with Crippen molar-refractivity contribution in [3.63, 3.8) is 0 Å². The minimum absolute atomic E-state index is 0.0740. The van der Waals surface area contributed by atoms with Gasteiger partial charge in [0, 0.05) is 31.0 Å². The Balaban J connectivity index is 2.20. The summed E-state index contributed by atoms with van der Waals surface area (Å²) in [5, 5.41) is 18.1. The molecular formula is C18H25N3O4. The Hall–Kier alpha value is -2.22. The smallest absolute Gasteiger partial charge is 0.374 e. The first-order valence-corrected chi connectivity index (χ1v) is 8.40. The Kier molecular flexibility index (Phi) is 7.12. The second kappa shape index (κ2) is 9.31. The van der Waals surface area contributed by atoms with Gasteiger partial charge in [-0.15, -0.1) is 0 Å². The number of aliphatic hydroxyl groups excluding tert-OH is 2. The van der Waals surface area contributed by atoms with Crippen LogP contribution in [0.1, 0.15) is 29.5 Å². The Morgan fingerprint density at radius 1 is 1.28 bits per heavy atom. The van der Waals surface area contributed by atoms with Gasteiger partial charge in [0.15, 0.2) is 0 Å². The van der Waals surface area contributed by atoms with E-state index in [1.807, 2.05) is 24.3 Å². The maximum atomic E-state index is 12.0. The first-order chi connectivity index (χ1) is 12.1. The molecule has 25 heavy (non-hydrogen) atoms. The van der Waals surface area contributed by atoms with Gasteiger partial charge in [0.05, 0.1) is 18.9 Å². The number of rotatable bonds is 9. The lowest BCUT2D eigenvalue weighted by Gasteiger charge is -2.09. The number of carbonyl (C=O) groups excluding carboxylic acids is 1. The molecule has 0 saturated carbocycles. The van der Waals surface area contributed by atoms with Crippen LogP contribution in [0, 0.1) is 0 Å². The van der Waals surface area contributed by atoms with Crippen molar-refractivity contribution >= 4 is 5.97 Å². The summed E-state index contributed by atoms with van der Waals surface area (Å²) in [6, 6.07) is 7.68. The lowest BCUT2D eigenvalue weighted by atomic mass is 10.0. The summed E-state index contributed by atoms with van der Waals surface area (Å²) in [5.74, 6) is -0.325. The van der Waals surface area contributed by atoms with Gasteiger partial charge < -0.3 is 25.3 Å². The average Bonchev–Trinajstić information content (AvgIpc) is 3.00. The van der Waals surface area contributed by atoms with Crippen molar-refractivity contribution in [3.05, 3.63) is 41.9 Å². The fourth-order valence-corrected chi connectivity index (χ4v) is 2.57. The number of hydrogen-bond donors (Lipinski definition) is 3. The van der Waals surface area contributed by atoms with Crippen LogP contribution in [0.25, 0.3) is 11.3 Å². The van der Waals surface area contributed by atoms with E-state index in [0.717, 1.165) is 11.1 Å². The van der Waals surface area contributed by atoms with E-state index in [0.29, 0.717) is 18.5 Å². The van der Waals surface area contributed by atoms with E-state index in [1.165, 1.54) is 0 Å². The van der Waals surface area contributed by atoms with Crippen molar-refractivity contribution in [1.82, 2.24) is 9.55 Å². The van der Waals surface area contributed by atoms with Gasteiger partial charge >= 0.3 is 5.97 Å². The van der Waals surface area contributed by atoms with Gasteiger partial charge in [-0.2, -0.15) is 0 Å². The number of nitrogens with two attached hydrogens (primary N) is 1. The highest BCUT2D eigenvalue weighted by molar-refractivity contribution is 5.86. The molecule has 0 radical (unpaired) electrons. The van der Waals surface area contributed by atoms with Crippen LogP contribution >= 0.6 is 0 Å². The van der Waals surface area contributed by atoms with Crippen LogP contribution in [0.3, 0.4) is 0 Å². The number of ether oxygens (including phenoxy) is 1. The van der Waals surface area contributed by atoms with Crippen molar-refractivity contribution in [2.24, 2.45) is 5.73 Å². The molecule has 0 bridgehead atoms. The van der Waals surface area contributed by atoms with Crippen LogP contribution in [-0.4, -0.2) is 51.6 Å². The number of hydrogen-bond acceptors (Lipinski definition) is 6. The summed E-state index contributed by atoms with van der Waals surface area (Å²) < 4.78 is 6.61. The summed E-state index contributed by atoms with van der Waals surface area (Å²) in [7, 11) is 0. The van der Waals surface area contributed by atoms with Crippen LogP contribution in [-0.2, 0) is 17.7 Å². The number of nitrogens with zero attached hydrogens (tertiary/aromatic N) is 2. The standard InChI is InChI=1S/C18H25N3O4/c1-2-25-18(24)17-20-16(12-21(17)8-10-23)14-5-3-13(4-6-14)11-15(19)7-9-22/h3-6,12,15,22-23H,2,7-11,19H2,1H3. The van der Waals surface area contributed by atoms with E-state index in [9.17, 15) is 4.79 Å². The number of aliphatic hydroxyl groups is 2. The molecule has 0 aliphatic heterocycles. The zero-order chi connectivity index (χ0) is 18.2. The summed E-state index contributed by atoms with van der Waals surface area (Å²) in [5.41, 5.74) is 8.51. The maximum absolute atomic E-state index is 12.0. The quantitative estimate of drug-likeness (QED) is 0.583. The summed E-state index contributed by atoms with van der Waals surface area (Å²) in [4.78, 5) is 16.4. The minimum Gasteiger partial charge on any atom is -0.460 e. The predicted octanol–water partition coefficient (Wildman–Crippen LogP) is 0.971. The Bertz CT molecular complexity index is 682. The fourth-order valence-electron chi connectivity index (χ4n) is 2.57. The molecule has 1 atom stereocenters. The topological polar surface area (TPSA) is 111 Å². The van der Waals surface area contributed by atoms with Gasteiger partial charge in [0.2, 0.25) is 5.82 Å². The van der Waals surface area contributed by atoms with E-state index >= 15 is 0 Å². The molecule has 0 saturated heterocycles. The van der Waals surface area contributed by atoms with Gasteiger partial charge in [-0.05, 0) is 25.3 Å².